The second-order valence-corrected chi connectivity index (χ2v) is 3.93. The second kappa shape index (κ2) is 5.56. The minimum absolute atomic E-state index is 0.0175. The van der Waals surface area contributed by atoms with E-state index in [1.165, 1.54) is 0 Å². The first-order valence-electron chi connectivity index (χ1n) is 4.54. The highest BCUT2D eigenvalue weighted by molar-refractivity contribution is 6.35. The van der Waals surface area contributed by atoms with Gasteiger partial charge in [-0.3, -0.25) is 0 Å². The van der Waals surface area contributed by atoms with E-state index in [0.717, 1.165) is 5.56 Å². The summed E-state index contributed by atoms with van der Waals surface area (Å²) in [5, 5.41) is 4.14. The average molecular weight is 249 g/mol. The summed E-state index contributed by atoms with van der Waals surface area (Å²) in [4.78, 5) is 0. The van der Waals surface area contributed by atoms with E-state index in [4.69, 9.17) is 33.7 Å². The van der Waals surface area contributed by atoms with Crippen molar-refractivity contribution in [2.24, 2.45) is 5.73 Å². The number of hydrogen-bond acceptors (Lipinski definition) is 3. The van der Waals surface area contributed by atoms with Gasteiger partial charge in [0.25, 0.3) is 0 Å². The van der Waals surface area contributed by atoms with Gasteiger partial charge >= 0.3 is 0 Å². The van der Waals surface area contributed by atoms with E-state index in [-0.39, 0.29) is 6.04 Å². The number of methoxy groups -OCH3 is 1. The molecule has 0 bridgehead atoms. The zero-order valence-electron chi connectivity index (χ0n) is 8.68. The van der Waals surface area contributed by atoms with Gasteiger partial charge in [0.2, 0.25) is 0 Å². The van der Waals surface area contributed by atoms with Crippen molar-refractivity contribution in [1.82, 2.24) is 5.32 Å². The molecular formula is C10H14Cl2N2O. The Bertz CT molecular complexity index is 340. The molecule has 1 atom stereocenters. The normalized spacial score (nSPS) is 12.6. The molecule has 0 saturated heterocycles. The molecule has 0 aliphatic carbocycles. The first-order chi connectivity index (χ1) is 7.13. The zero-order chi connectivity index (χ0) is 11.4. The standard InChI is InChI=1S/C10H14Cl2N2O/c1-14-9(5-13)7-3-6(11)4-8(12)10(7)15-2/h3-4,9,14H,5,13H2,1-2H3. The lowest BCUT2D eigenvalue weighted by molar-refractivity contribution is 0.402. The average Bonchev–Trinajstić information content (AvgIpc) is 2.19. The number of benzene rings is 1. The molecule has 0 saturated carbocycles. The number of ether oxygens (including phenoxy) is 1. The summed E-state index contributed by atoms with van der Waals surface area (Å²) in [6, 6.07) is 3.44. The van der Waals surface area contributed by atoms with Crippen molar-refractivity contribution in [1.29, 1.82) is 0 Å². The Balaban J connectivity index is 3.24. The molecule has 1 aromatic carbocycles. The monoisotopic (exact) mass is 248 g/mol. The maximum absolute atomic E-state index is 6.01. The van der Waals surface area contributed by atoms with Gasteiger partial charge in [0.15, 0.2) is 0 Å². The predicted octanol–water partition coefficient (Wildman–Crippen LogP) is 2.22. The van der Waals surface area contributed by atoms with Crippen molar-refractivity contribution in [3.63, 3.8) is 0 Å². The van der Waals surface area contributed by atoms with E-state index in [1.54, 1.807) is 19.2 Å². The molecule has 0 amide bonds. The Morgan fingerprint density at radius 1 is 1.47 bits per heavy atom. The molecule has 0 fully saturated rings. The first kappa shape index (κ1) is 12.6. The summed E-state index contributed by atoms with van der Waals surface area (Å²) in [5.41, 5.74) is 6.51. The van der Waals surface area contributed by atoms with Crippen LogP contribution >= 0.6 is 23.2 Å². The van der Waals surface area contributed by atoms with Gasteiger partial charge in [0, 0.05) is 23.2 Å². The molecule has 0 heterocycles. The van der Waals surface area contributed by atoms with Crippen molar-refractivity contribution in [2.45, 2.75) is 6.04 Å². The molecule has 0 radical (unpaired) electrons. The largest absolute Gasteiger partial charge is 0.495 e. The fraction of sp³-hybridized carbons (Fsp3) is 0.400. The third-order valence-corrected chi connectivity index (χ3v) is 2.70. The van der Waals surface area contributed by atoms with Crippen LogP contribution in [0.3, 0.4) is 0 Å². The highest BCUT2D eigenvalue weighted by atomic mass is 35.5. The lowest BCUT2D eigenvalue weighted by Gasteiger charge is -2.18. The van der Waals surface area contributed by atoms with Crippen LogP contribution in [0.1, 0.15) is 11.6 Å². The summed E-state index contributed by atoms with van der Waals surface area (Å²) >= 11 is 11.9. The molecule has 84 valence electrons. The molecule has 15 heavy (non-hydrogen) atoms. The Labute approximate surface area is 99.5 Å². The van der Waals surface area contributed by atoms with Crippen LogP contribution in [0.5, 0.6) is 5.75 Å². The fourth-order valence-electron chi connectivity index (χ4n) is 1.45. The summed E-state index contributed by atoms with van der Waals surface area (Å²) in [6.45, 7) is 0.448. The number of halogens is 2. The lowest BCUT2D eigenvalue weighted by Crippen LogP contribution is -2.25. The van der Waals surface area contributed by atoms with Crippen molar-refractivity contribution in [3.05, 3.63) is 27.7 Å². The van der Waals surface area contributed by atoms with Crippen LogP contribution in [0.4, 0.5) is 0 Å². The highest BCUT2D eigenvalue weighted by Gasteiger charge is 2.16. The number of nitrogens with one attached hydrogen (secondary N) is 1. The van der Waals surface area contributed by atoms with Crippen molar-refractivity contribution >= 4 is 23.2 Å². The highest BCUT2D eigenvalue weighted by Crippen LogP contribution is 2.35. The minimum atomic E-state index is -0.0175. The summed E-state index contributed by atoms with van der Waals surface area (Å²) in [5.74, 6) is 0.617. The van der Waals surface area contributed by atoms with E-state index >= 15 is 0 Å². The van der Waals surface area contributed by atoms with Gasteiger partial charge in [-0.1, -0.05) is 23.2 Å². The molecule has 0 spiro atoms. The van der Waals surface area contributed by atoms with Gasteiger partial charge in [0.1, 0.15) is 5.75 Å². The molecule has 1 aromatic rings. The van der Waals surface area contributed by atoms with Gasteiger partial charge in [-0.2, -0.15) is 0 Å². The van der Waals surface area contributed by atoms with E-state index in [2.05, 4.69) is 5.32 Å². The third-order valence-electron chi connectivity index (χ3n) is 2.20. The topological polar surface area (TPSA) is 47.3 Å². The molecule has 5 heteroatoms. The van der Waals surface area contributed by atoms with Crippen molar-refractivity contribution < 1.29 is 4.74 Å². The molecule has 0 aliphatic rings. The number of likely N-dealkylation sites (N-methyl/N-ethyl adjacent to an activating group) is 1. The van der Waals surface area contributed by atoms with E-state index in [9.17, 15) is 0 Å². The van der Waals surface area contributed by atoms with Gasteiger partial charge < -0.3 is 15.8 Å². The van der Waals surface area contributed by atoms with Crippen LogP contribution < -0.4 is 15.8 Å². The molecule has 0 aliphatic heterocycles. The van der Waals surface area contributed by atoms with Crippen LogP contribution in [0.2, 0.25) is 10.0 Å². The Kier molecular flexibility index (Phi) is 4.67. The van der Waals surface area contributed by atoms with Gasteiger partial charge in [-0.15, -0.1) is 0 Å². The van der Waals surface area contributed by atoms with Gasteiger partial charge in [-0.25, -0.2) is 0 Å². The fourth-order valence-corrected chi connectivity index (χ4v) is 2.04. The minimum Gasteiger partial charge on any atom is -0.495 e. The smallest absolute Gasteiger partial charge is 0.142 e. The first-order valence-corrected chi connectivity index (χ1v) is 5.29. The maximum Gasteiger partial charge on any atom is 0.142 e. The molecular weight excluding hydrogens is 235 g/mol. The van der Waals surface area contributed by atoms with E-state index < -0.39 is 0 Å². The van der Waals surface area contributed by atoms with Crippen LogP contribution in [-0.2, 0) is 0 Å². The van der Waals surface area contributed by atoms with Gasteiger partial charge in [-0.05, 0) is 19.2 Å². The Hall–Kier alpha value is -0.480. The second-order valence-electron chi connectivity index (χ2n) is 3.09. The number of rotatable bonds is 4. The Morgan fingerprint density at radius 3 is 2.60 bits per heavy atom. The summed E-state index contributed by atoms with van der Waals surface area (Å²) < 4.78 is 5.23. The molecule has 3 N–H and O–H groups in total. The van der Waals surface area contributed by atoms with Crippen LogP contribution in [0.15, 0.2) is 12.1 Å². The summed E-state index contributed by atoms with van der Waals surface area (Å²) in [6.07, 6.45) is 0. The Morgan fingerprint density at radius 2 is 2.13 bits per heavy atom. The number of nitrogens with two attached hydrogens (primary N) is 1. The quantitative estimate of drug-likeness (QED) is 0.860. The van der Waals surface area contributed by atoms with Gasteiger partial charge in [0.05, 0.1) is 12.1 Å². The zero-order valence-corrected chi connectivity index (χ0v) is 10.2. The lowest BCUT2D eigenvalue weighted by atomic mass is 10.1. The molecule has 3 nitrogen and oxygen atoms in total. The summed E-state index contributed by atoms with van der Waals surface area (Å²) in [7, 11) is 3.40. The van der Waals surface area contributed by atoms with E-state index in [1.807, 2.05) is 7.05 Å². The molecule has 0 aromatic heterocycles. The maximum atomic E-state index is 6.01. The van der Waals surface area contributed by atoms with Crippen molar-refractivity contribution in [3.8, 4) is 5.75 Å². The van der Waals surface area contributed by atoms with E-state index in [0.29, 0.717) is 22.3 Å². The molecule has 1 unspecified atom stereocenters. The third kappa shape index (κ3) is 2.75. The van der Waals surface area contributed by atoms with Crippen molar-refractivity contribution in [2.75, 3.05) is 20.7 Å². The van der Waals surface area contributed by atoms with Crippen LogP contribution in [-0.4, -0.2) is 20.7 Å². The predicted molar refractivity (Wildman–Crippen MR) is 63.9 cm³/mol. The van der Waals surface area contributed by atoms with Crippen LogP contribution in [0.25, 0.3) is 0 Å². The molecule has 1 rings (SSSR count). The SMILES string of the molecule is CNC(CN)c1cc(Cl)cc(Cl)c1OC. The number of hydrogen-bond donors (Lipinski definition) is 2. The van der Waals surface area contributed by atoms with Crippen LogP contribution in [0, 0.1) is 0 Å².